The predicted octanol–water partition coefficient (Wildman–Crippen LogP) is -2.50. The molecule has 1 saturated carbocycles. The topological polar surface area (TPSA) is 423 Å². The van der Waals surface area contributed by atoms with Crippen molar-refractivity contribution >= 4 is 120 Å². The van der Waals surface area contributed by atoms with Crippen LogP contribution in [-0.4, -0.2) is 226 Å². The number of benzene rings is 2. The fourth-order valence-electron chi connectivity index (χ4n) is 8.05. The van der Waals surface area contributed by atoms with Crippen LogP contribution in [0.3, 0.4) is 0 Å². The van der Waals surface area contributed by atoms with Crippen molar-refractivity contribution in [3.05, 3.63) is 54.1 Å². The number of nitrogens with zero attached hydrogens (tertiary/aromatic N) is 3. The summed E-state index contributed by atoms with van der Waals surface area (Å²) in [6, 6.07) is 6.79. The predicted molar refractivity (Wildman–Crippen MR) is 268 cm³/mol. The first-order valence-corrected chi connectivity index (χ1v) is 26.7. The molecule has 1 aliphatic rings. The van der Waals surface area contributed by atoms with E-state index in [2.05, 4.69) is 26.6 Å². The summed E-state index contributed by atoms with van der Waals surface area (Å²) in [6.45, 7) is -4.45. The second kappa shape index (κ2) is 31.3. The standard InChI is InChI=1S/C44H59AsN8O19S2/c54-34(49-31(42(68)46-16-36(56)57)23-74-24-35(55)47-27-11-7-26(8-12-27)45(71)72)14-13-30(43(69)70)50-44(73)48-28-9-5-25(6-10-28)15-29(51(18-37(58)59)19-38(60)61)17-52(20-39(62)63)32-3-1-2-4-33(32)53(21-40(64)65)22-41(66)67/h5-12,29-33,71-72H,1-4,13-24H2,(H,46,68)(H,47,55)(H,49,54)(H,56,57)(H,58,59)(H,60,61)(H,62,63)(H,64,65)(H,66,67)(H,69,70)(H2,48,50,73)/t29-,30+,31?,32+,33+/m1/s1. The third-order valence-electron chi connectivity index (χ3n) is 11.2. The Kier molecular flexibility index (Phi) is 26.2. The van der Waals surface area contributed by atoms with Gasteiger partial charge in [0.2, 0.25) is 0 Å². The van der Waals surface area contributed by atoms with Crippen molar-refractivity contribution in [3.8, 4) is 0 Å². The number of rotatable bonds is 33. The summed E-state index contributed by atoms with van der Waals surface area (Å²) < 4.78 is 19.1. The number of anilines is 2. The first-order valence-electron chi connectivity index (χ1n) is 22.5. The number of thiocarbonyl (C=S) groups is 1. The zero-order valence-corrected chi connectivity index (χ0v) is 43.0. The molecule has 1 unspecified atom stereocenters. The molecule has 1 fully saturated rings. The van der Waals surface area contributed by atoms with Crippen LogP contribution in [-0.2, 0) is 54.4 Å². The molecule has 0 saturated heterocycles. The number of thioether (sulfide) groups is 1. The number of hydrogen-bond acceptors (Lipinski definition) is 17. The first kappa shape index (κ1) is 61.8. The average molecular weight is 1140 g/mol. The fraction of sp³-hybridized carbons (Fsp3) is 0.477. The summed E-state index contributed by atoms with van der Waals surface area (Å²) in [4.78, 5) is 126. The summed E-state index contributed by atoms with van der Waals surface area (Å²) in [5, 5.41) is 80.1. The van der Waals surface area contributed by atoms with Gasteiger partial charge in [0.25, 0.3) is 0 Å². The molecule has 1 aliphatic carbocycles. The van der Waals surface area contributed by atoms with Crippen LogP contribution in [0.25, 0.3) is 0 Å². The molecule has 2 aromatic carbocycles. The Bertz CT molecular complexity index is 2280. The van der Waals surface area contributed by atoms with Crippen LogP contribution in [0.5, 0.6) is 0 Å². The summed E-state index contributed by atoms with van der Waals surface area (Å²) in [6.07, 6.45) is 0.967. The van der Waals surface area contributed by atoms with Gasteiger partial charge in [0.1, 0.15) is 12.6 Å². The number of amides is 3. The molecule has 0 radical (unpaired) electrons. The summed E-state index contributed by atoms with van der Waals surface area (Å²) in [5.41, 5.74) is 1.18. The van der Waals surface area contributed by atoms with Crippen LogP contribution in [0.1, 0.15) is 44.1 Å². The zero-order valence-electron chi connectivity index (χ0n) is 39.5. The van der Waals surface area contributed by atoms with E-state index in [9.17, 15) is 86.8 Å². The van der Waals surface area contributed by atoms with Gasteiger partial charge in [0.15, 0.2) is 5.11 Å². The van der Waals surface area contributed by atoms with Crippen molar-refractivity contribution in [2.75, 3.05) is 68.0 Å². The Morgan fingerprint density at radius 3 is 1.66 bits per heavy atom. The van der Waals surface area contributed by atoms with Gasteiger partial charge in [-0.15, -0.1) is 0 Å². The molecule has 0 spiro atoms. The molecule has 406 valence electrons. The third-order valence-corrected chi connectivity index (χ3v) is 14.0. The van der Waals surface area contributed by atoms with Gasteiger partial charge in [0, 0.05) is 36.8 Å². The molecule has 2 aromatic rings. The van der Waals surface area contributed by atoms with E-state index in [1.54, 1.807) is 12.1 Å². The summed E-state index contributed by atoms with van der Waals surface area (Å²) in [5.74, 6) is -12.0. The van der Waals surface area contributed by atoms with Crippen LogP contribution in [0.4, 0.5) is 11.4 Å². The van der Waals surface area contributed by atoms with Gasteiger partial charge >= 0.3 is 172 Å². The molecular weight excluding hydrogens is 1080 g/mol. The number of carboxylic acids is 7. The van der Waals surface area contributed by atoms with Gasteiger partial charge in [-0.1, -0.05) is 25.0 Å². The minimum Gasteiger partial charge on any atom is -0.480 e. The van der Waals surface area contributed by atoms with Gasteiger partial charge in [-0.25, -0.2) is 4.79 Å². The molecule has 27 nitrogen and oxygen atoms in total. The van der Waals surface area contributed by atoms with Crippen molar-refractivity contribution in [1.82, 2.24) is 30.7 Å². The van der Waals surface area contributed by atoms with Gasteiger partial charge in [-0.3, -0.25) is 48.3 Å². The van der Waals surface area contributed by atoms with E-state index in [1.807, 2.05) is 0 Å². The van der Waals surface area contributed by atoms with E-state index >= 15 is 0 Å². The molecule has 14 N–H and O–H groups in total. The zero-order chi connectivity index (χ0) is 55.1. The second-order valence-electron chi connectivity index (χ2n) is 16.8. The minimum atomic E-state index is -3.10. The van der Waals surface area contributed by atoms with Gasteiger partial charge in [-0.2, -0.15) is 0 Å². The van der Waals surface area contributed by atoms with E-state index in [4.69, 9.17) is 17.3 Å². The maximum atomic E-state index is 13.0. The number of hydrogen-bond donors (Lipinski definition) is 14. The molecule has 0 aliphatic heterocycles. The normalized spacial score (nSPS) is 15.6. The Labute approximate surface area is 437 Å². The quantitative estimate of drug-likeness (QED) is 0.0259. The van der Waals surface area contributed by atoms with Gasteiger partial charge in [0.05, 0.1) is 32.7 Å². The van der Waals surface area contributed by atoms with E-state index in [-0.39, 0.29) is 36.0 Å². The molecule has 3 rings (SSSR count). The maximum absolute atomic E-state index is 13.0. The number of carbonyl (C=O) groups is 10. The van der Waals surface area contributed by atoms with Crippen LogP contribution < -0.4 is 30.9 Å². The minimum absolute atomic E-state index is 0.0417. The molecule has 0 heterocycles. The smallest absolute Gasteiger partial charge is 0.480 e. The number of aliphatic carboxylic acids is 7. The number of nitrogens with one attached hydrogen (secondary N) is 5. The van der Waals surface area contributed by atoms with E-state index < -0.39 is 151 Å². The number of carbonyl (C=O) groups excluding carboxylic acids is 3. The van der Waals surface area contributed by atoms with Crippen molar-refractivity contribution in [2.45, 2.75) is 75.2 Å². The van der Waals surface area contributed by atoms with Crippen molar-refractivity contribution in [2.24, 2.45) is 0 Å². The Balaban J connectivity index is 1.71. The fourth-order valence-corrected chi connectivity index (χ4v) is 10.0. The third kappa shape index (κ3) is 23.2. The van der Waals surface area contributed by atoms with Gasteiger partial charge in [-0.05, 0) is 55.6 Å². The monoisotopic (exact) mass is 1140 g/mol. The molecule has 0 bridgehead atoms. The molecule has 30 heteroatoms. The van der Waals surface area contributed by atoms with Crippen molar-refractivity contribution in [1.29, 1.82) is 0 Å². The van der Waals surface area contributed by atoms with Crippen LogP contribution in [0.15, 0.2) is 48.5 Å². The molecule has 5 atom stereocenters. The molecule has 3 amide bonds. The second-order valence-corrected chi connectivity index (χ2v) is 20.6. The van der Waals surface area contributed by atoms with E-state index in [0.29, 0.717) is 47.0 Å². The Morgan fingerprint density at radius 2 is 1.15 bits per heavy atom. The average Bonchev–Trinajstić information content (AvgIpc) is 3.30. The molecular formula is C44H59AsN8O19S2. The van der Waals surface area contributed by atoms with Gasteiger partial charge < -0.3 is 46.4 Å². The van der Waals surface area contributed by atoms with Crippen LogP contribution in [0.2, 0.25) is 0 Å². The molecule has 74 heavy (non-hydrogen) atoms. The van der Waals surface area contributed by atoms with Crippen molar-refractivity contribution < 1.29 is 91.9 Å². The summed E-state index contributed by atoms with van der Waals surface area (Å²) in [7, 11) is 0. The Hall–Kier alpha value is -6.46. The van der Waals surface area contributed by atoms with E-state index in [0.717, 1.165) is 16.7 Å². The molecule has 0 aromatic heterocycles. The van der Waals surface area contributed by atoms with E-state index in [1.165, 1.54) is 46.2 Å². The Morgan fingerprint density at radius 1 is 0.635 bits per heavy atom. The first-order chi connectivity index (χ1) is 34.9. The van der Waals surface area contributed by atoms with Crippen molar-refractivity contribution in [3.63, 3.8) is 0 Å². The summed E-state index contributed by atoms with van der Waals surface area (Å²) >= 11 is 3.17. The SMILES string of the molecule is O=C(O)CNC(=O)C(CSCC(=O)Nc1ccc([As](O)O)cc1)NC(=O)CC[C@H](NC(=S)Nc1ccc(C[C@H](CN(CC(=O)O)[C@H]2CCCC[C@@H]2N(CC(=O)O)CC(=O)O)N(CC(=O)O)CC(=O)O)cc1)C(=O)O. The van der Waals surface area contributed by atoms with Crippen LogP contribution >= 0.6 is 24.0 Å². The number of carboxylic acid groups (broad SMARTS) is 7. The van der Waals surface area contributed by atoms with Crippen LogP contribution in [0, 0.1) is 0 Å².